The van der Waals surface area contributed by atoms with Crippen molar-refractivity contribution in [2.45, 2.75) is 37.8 Å². The largest absolute Gasteiger partial charge is 0.311 e. The first kappa shape index (κ1) is 15.0. The van der Waals surface area contributed by atoms with E-state index in [1.165, 1.54) is 10.4 Å². The molecule has 2 unspecified atom stereocenters. The third-order valence-corrected chi connectivity index (χ3v) is 6.01. The van der Waals surface area contributed by atoms with E-state index in [2.05, 4.69) is 5.32 Å². The van der Waals surface area contributed by atoms with Gasteiger partial charge in [-0.1, -0.05) is 6.07 Å². The molecule has 1 aromatic carbocycles. The Hall–Kier alpha value is -1.42. The molecule has 6 heteroatoms. The highest BCUT2D eigenvalue weighted by Gasteiger charge is 2.35. The topological polar surface area (TPSA) is 73.2 Å². The molecule has 1 aromatic rings. The summed E-state index contributed by atoms with van der Waals surface area (Å²) < 4.78 is 27.2. The highest BCUT2D eigenvalue weighted by molar-refractivity contribution is 7.89. The SMILES string of the molecule is Cc1ccc(C#N)cc1S(=O)(=O)N1CCNC(C)C1C. The minimum Gasteiger partial charge on any atom is -0.311 e. The monoisotopic (exact) mass is 293 g/mol. The molecule has 0 aromatic heterocycles. The third-order valence-electron chi connectivity index (χ3n) is 3.88. The fraction of sp³-hybridized carbons (Fsp3) is 0.500. The zero-order valence-corrected chi connectivity index (χ0v) is 12.7. The van der Waals surface area contributed by atoms with Crippen molar-refractivity contribution in [1.82, 2.24) is 9.62 Å². The molecule has 0 bridgehead atoms. The van der Waals surface area contributed by atoms with Gasteiger partial charge in [-0.05, 0) is 38.5 Å². The van der Waals surface area contributed by atoms with Crippen LogP contribution in [0.1, 0.15) is 25.0 Å². The summed E-state index contributed by atoms with van der Waals surface area (Å²) in [6, 6.07) is 6.77. The summed E-state index contributed by atoms with van der Waals surface area (Å²) >= 11 is 0. The van der Waals surface area contributed by atoms with E-state index < -0.39 is 10.0 Å². The molecule has 1 aliphatic heterocycles. The number of nitrogens with zero attached hydrogens (tertiary/aromatic N) is 2. The predicted molar refractivity (Wildman–Crippen MR) is 76.7 cm³/mol. The molecule has 0 saturated carbocycles. The third kappa shape index (κ3) is 2.57. The van der Waals surface area contributed by atoms with Crippen LogP contribution in [0.5, 0.6) is 0 Å². The maximum Gasteiger partial charge on any atom is 0.243 e. The second kappa shape index (κ2) is 5.52. The molecular formula is C14H19N3O2S. The molecule has 20 heavy (non-hydrogen) atoms. The van der Waals surface area contributed by atoms with Crippen molar-refractivity contribution < 1.29 is 8.42 Å². The van der Waals surface area contributed by atoms with Gasteiger partial charge in [0.2, 0.25) is 10.0 Å². The Bertz CT molecular complexity index is 649. The van der Waals surface area contributed by atoms with Crippen molar-refractivity contribution in [3.63, 3.8) is 0 Å². The van der Waals surface area contributed by atoms with Crippen molar-refractivity contribution in [1.29, 1.82) is 5.26 Å². The highest BCUT2D eigenvalue weighted by Crippen LogP contribution is 2.24. The maximum absolute atomic E-state index is 12.8. The molecule has 1 heterocycles. The lowest BCUT2D eigenvalue weighted by Gasteiger charge is -2.37. The molecule has 0 spiro atoms. The van der Waals surface area contributed by atoms with Crippen LogP contribution in [0, 0.1) is 18.3 Å². The van der Waals surface area contributed by atoms with E-state index in [1.54, 1.807) is 19.1 Å². The summed E-state index contributed by atoms with van der Waals surface area (Å²) in [7, 11) is -3.57. The fourth-order valence-corrected chi connectivity index (χ4v) is 4.39. The van der Waals surface area contributed by atoms with Crippen molar-refractivity contribution >= 4 is 10.0 Å². The maximum atomic E-state index is 12.8. The molecule has 1 aliphatic rings. The highest BCUT2D eigenvalue weighted by atomic mass is 32.2. The standard InChI is InChI=1S/C14H19N3O2S/c1-10-4-5-13(9-15)8-14(10)20(18,19)17-7-6-16-11(2)12(17)3/h4-5,8,11-12,16H,6-7H2,1-3H3. The number of sulfonamides is 1. The van der Waals surface area contributed by atoms with Crippen LogP contribution in [0.15, 0.2) is 23.1 Å². The quantitative estimate of drug-likeness (QED) is 0.890. The molecule has 108 valence electrons. The smallest absolute Gasteiger partial charge is 0.243 e. The molecule has 1 saturated heterocycles. The molecule has 1 N–H and O–H groups in total. The lowest BCUT2D eigenvalue weighted by Crippen LogP contribution is -2.57. The van der Waals surface area contributed by atoms with Crippen LogP contribution in [0.2, 0.25) is 0 Å². The van der Waals surface area contributed by atoms with Crippen LogP contribution >= 0.6 is 0 Å². The van der Waals surface area contributed by atoms with Crippen molar-refractivity contribution in [2.75, 3.05) is 13.1 Å². The Labute approximate surface area is 120 Å². The summed E-state index contributed by atoms with van der Waals surface area (Å²) in [4.78, 5) is 0.234. The van der Waals surface area contributed by atoms with Gasteiger partial charge in [-0.25, -0.2) is 8.42 Å². The van der Waals surface area contributed by atoms with Crippen LogP contribution < -0.4 is 5.32 Å². The number of benzene rings is 1. The van der Waals surface area contributed by atoms with Crippen molar-refractivity contribution in [3.05, 3.63) is 29.3 Å². The molecule has 2 rings (SSSR count). The molecule has 0 radical (unpaired) electrons. The second-order valence-electron chi connectivity index (χ2n) is 5.19. The van der Waals surface area contributed by atoms with Crippen molar-refractivity contribution in [2.24, 2.45) is 0 Å². The molecule has 0 aliphatic carbocycles. The fourth-order valence-electron chi connectivity index (χ4n) is 2.44. The number of hydrogen-bond donors (Lipinski definition) is 1. The average molecular weight is 293 g/mol. The van der Waals surface area contributed by atoms with Crippen molar-refractivity contribution in [3.8, 4) is 6.07 Å². The molecule has 2 atom stereocenters. The van der Waals surface area contributed by atoms with Gasteiger partial charge < -0.3 is 5.32 Å². The average Bonchev–Trinajstić information content (AvgIpc) is 2.42. The van der Waals surface area contributed by atoms with E-state index in [4.69, 9.17) is 5.26 Å². The number of nitriles is 1. The Morgan fingerprint density at radius 3 is 2.75 bits per heavy atom. The summed E-state index contributed by atoms with van der Waals surface area (Å²) in [5, 5.41) is 12.2. The Kier molecular flexibility index (Phi) is 4.14. The van der Waals surface area contributed by atoms with Crippen LogP contribution in [0.3, 0.4) is 0 Å². The van der Waals surface area contributed by atoms with E-state index in [1.807, 2.05) is 19.9 Å². The minimum absolute atomic E-state index is 0.109. The van der Waals surface area contributed by atoms with Gasteiger partial charge in [0.1, 0.15) is 0 Å². The van der Waals surface area contributed by atoms with Crippen LogP contribution in [0.4, 0.5) is 0 Å². The lowest BCUT2D eigenvalue weighted by atomic mass is 10.1. The summed E-state index contributed by atoms with van der Waals surface area (Å²) in [5.41, 5.74) is 1.03. The zero-order valence-electron chi connectivity index (χ0n) is 11.9. The van der Waals surface area contributed by atoms with E-state index >= 15 is 0 Å². The number of hydrogen-bond acceptors (Lipinski definition) is 4. The van der Waals surface area contributed by atoms with E-state index in [9.17, 15) is 8.42 Å². The summed E-state index contributed by atoms with van der Waals surface area (Å²) in [6.45, 7) is 6.72. The predicted octanol–water partition coefficient (Wildman–Crippen LogP) is 1.24. The Balaban J connectivity index is 2.47. The van der Waals surface area contributed by atoms with E-state index in [0.717, 1.165) is 0 Å². The van der Waals surface area contributed by atoms with Gasteiger partial charge >= 0.3 is 0 Å². The van der Waals surface area contributed by atoms with E-state index in [0.29, 0.717) is 24.2 Å². The number of nitrogens with one attached hydrogen (secondary N) is 1. The van der Waals surface area contributed by atoms with Gasteiger partial charge in [-0.2, -0.15) is 9.57 Å². The first-order valence-electron chi connectivity index (χ1n) is 6.64. The minimum atomic E-state index is -3.57. The number of piperazine rings is 1. The Morgan fingerprint density at radius 1 is 1.40 bits per heavy atom. The molecule has 0 amide bonds. The zero-order chi connectivity index (χ0) is 14.9. The first-order valence-corrected chi connectivity index (χ1v) is 8.08. The first-order chi connectivity index (χ1) is 9.37. The molecular weight excluding hydrogens is 274 g/mol. The van der Waals surface area contributed by atoms with Gasteiger partial charge in [0.15, 0.2) is 0 Å². The van der Waals surface area contributed by atoms with E-state index in [-0.39, 0.29) is 17.0 Å². The van der Waals surface area contributed by atoms with Gasteiger partial charge in [0, 0.05) is 25.2 Å². The normalized spacial score (nSPS) is 24.3. The van der Waals surface area contributed by atoms with Gasteiger partial charge in [0.05, 0.1) is 16.5 Å². The van der Waals surface area contributed by atoms with Crippen LogP contribution in [0.25, 0.3) is 0 Å². The van der Waals surface area contributed by atoms with Crippen LogP contribution in [-0.2, 0) is 10.0 Å². The molecule has 5 nitrogen and oxygen atoms in total. The number of rotatable bonds is 2. The summed E-state index contributed by atoms with van der Waals surface area (Å²) in [5.74, 6) is 0. The molecule has 1 fully saturated rings. The Morgan fingerprint density at radius 2 is 2.10 bits per heavy atom. The second-order valence-corrected chi connectivity index (χ2v) is 7.05. The van der Waals surface area contributed by atoms with Gasteiger partial charge in [-0.3, -0.25) is 0 Å². The summed E-state index contributed by atoms with van der Waals surface area (Å²) in [6.07, 6.45) is 0. The van der Waals surface area contributed by atoms with Gasteiger partial charge in [0.25, 0.3) is 0 Å². The van der Waals surface area contributed by atoms with Gasteiger partial charge in [-0.15, -0.1) is 0 Å². The number of aryl methyl sites for hydroxylation is 1. The lowest BCUT2D eigenvalue weighted by molar-refractivity contribution is 0.233. The van der Waals surface area contributed by atoms with Crippen LogP contribution in [-0.4, -0.2) is 37.9 Å².